The molecular weight excluding hydrogens is 256 g/mol. The zero-order valence-corrected chi connectivity index (χ0v) is 11.8. The maximum atomic E-state index is 12.0. The van der Waals surface area contributed by atoms with Gasteiger partial charge in [0.2, 0.25) is 0 Å². The van der Waals surface area contributed by atoms with Crippen LogP contribution in [0.3, 0.4) is 0 Å². The van der Waals surface area contributed by atoms with Crippen LogP contribution in [0.4, 0.5) is 0 Å². The van der Waals surface area contributed by atoms with Gasteiger partial charge in [0.1, 0.15) is 0 Å². The number of nitrogens with one attached hydrogen (secondary N) is 1. The highest BCUT2D eigenvalue weighted by Crippen LogP contribution is 2.08. The second-order valence-electron chi connectivity index (χ2n) is 4.77. The Hall–Kier alpha value is -2.21. The molecule has 6 heteroatoms. The van der Waals surface area contributed by atoms with Gasteiger partial charge in [-0.25, -0.2) is 4.79 Å². The number of rotatable bonds is 4. The van der Waals surface area contributed by atoms with Gasteiger partial charge < -0.3 is 9.88 Å². The summed E-state index contributed by atoms with van der Waals surface area (Å²) in [5.74, 6) is 0. The third-order valence-electron chi connectivity index (χ3n) is 3.25. The second kappa shape index (κ2) is 5.83. The Bertz CT molecular complexity index is 703. The first-order chi connectivity index (χ1) is 9.50. The van der Waals surface area contributed by atoms with Gasteiger partial charge in [-0.15, -0.1) is 0 Å². The first-order valence-electron chi connectivity index (χ1n) is 6.40. The lowest BCUT2D eigenvalue weighted by Crippen LogP contribution is -2.39. The van der Waals surface area contributed by atoms with Crippen molar-refractivity contribution in [3.05, 3.63) is 62.7 Å². The van der Waals surface area contributed by atoms with Crippen molar-refractivity contribution in [1.82, 2.24) is 19.4 Å². The number of aromatic nitrogens is 3. The molecule has 0 bridgehead atoms. The molecule has 0 amide bonds. The summed E-state index contributed by atoms with van der Waals surface area (Å²) in [5, 5.41) is 3.24. The summed E-state index contributed by atoms with van der Waals surface area (Å²) in [6, 6.07) is 5.74. The van der Waals surface area contributed by atoms with Gasteiger partial charge in [-0.2, -0.15) is 0 Å². The third kappa shape index (κ3) is 2.85. The minimum Gasteiger partial charge on any atom is -0.304 e. The van der Waals surface area contributed by atoms with Gasteiger partial charge in [-0.3, -0.25) is 14.3 Å². The van der Waals surface area contributed by atoms with Crippen LogP contribution >= 0.6 is 0 Å². The molecule has 2 aromatic rings. The standard InChI is InChI=1S/C14H18N4O2/c1-10(12-6-4-5-7-15-12)16-8-11-9-17(2)14(20)18(3)13(11)19/h4-7,9-10,16H,8H2,1-3H3/t10-/m1/s1. The van der Waals surface area contributed by atoms with Crippen molar-refractivity contribution in [2.24, 2.45) is 14.1 Å². The summed E-state index contributed by atoms with van der Waals surface area (Å²) in [6.45, 7) is 2.37. The quantitative estimate of drug-likeness (QED) is 0.872. The molecular formula is C14H18N4O2. The van der Waals surface area contributed by atoms with E-state index in [9.17, 15) is 9.59 Å². The molecule has 0 unspecified atom stereocenters. The van der Waals surface area contributed by atoms with Crippen molar-refractivity contribution in [2.75, 3.05) is 0 Å². The van der Waals surface area contributed by atoms with Crippen molar-refractivity contribution in [3.8, 4) is 0 Å². The van der Waals surface area contributed by atoms with Crippen molar-refractivity contribution in [1.29, 1.82) is 0 Å². The fourth-order valence-corrected chi connectivity index (χ4v) is 2.00. The van der Waals surface area contributed by atoms with E-state index in [2.05, 4.69) is 10.3 Å². The Labute approximate surface area is 116 Å². The zero-order valence-electron chi connectivity index (χ0n) is 11.8. The highest BCUT2D eigenvalue weighted by atomic mass is 16.2. The molecule has 2 aromatic heterocycles. The van der Waals surface area contributed by atoms with Crippen LogP contribution in [0.2, 0.25) is 0 Å². The molecule has 0 aliphatic rings. The number of hydrogen-bond donors (Lipinski definition) is 1. The van der Waals surface area contributed by atoms with Crippen LogP contribution in [0, 0.1) is 0 Å². The van der Waals surface area contributed by atoms with Gasteiger partial charge in [-0.05, 0) is 19.1 Å². The van der Waals surface area contributed by atoms with E-state index >= 15 is 0 Å². The van der Waals surface area contributed by atoms with Gasteiger partial charge in [0.15, 0.2) is 0 Å². The lowest BCUT2D eigenvalue weighted by atomic mass is 10.2. The van der Waals surface area contributed by atoms with Crippen molar-refractivity contribution in [2.45, 2.75) is 19.5 Å². The molecule has 106 valence electrons. The zero-order chi connectivity index (χ0) is 14.7. The van der Waals surface area contributed by atoms with Crippen LogP contribution in [-0.2, 0) is 20.6 Å². The monoisotopic (exact) mass is 274 g/mol. The van der Waals surface area contributed by atoms with Crippen molar-refractivity contribution >= 4 is 0 Å². The van der Waals surface area contributed by atoms with Gasteiger partial charge in [-0.1, -0.05) is 6.07 Å². The Balaban J connectivity index is 2.16. The van der Waals surface area contributed by atoms with Crippen LogP contribution in [-0.4, -0.2) is 14.1 Å². The minimum atomic E-state index is -0.323. The van der Waals surface area contributed by atoms with Crippen molar-refractivity contribution in [3.63, 3.8) is 0 Å². The van der Waals surface area contributed by atoms with Gasteiger partial charge in [0, 0.05) is 44.6 Å². The van der Waals surface area contributed by atoms with E-state index in [-0.39, 0.29) is 17.3 Å². The van der Waals surface area contributed by atoms with Crippen LogP contribution in [0.25, 0.3) is 0 Å². The average molecular weight is 274 g/mol. The van der Waals surface area contributed by atoms with E-state index in [1.54, 1.807) is 19.4 Å². The Kier molecular flexibility index (Phi) is 4.14. The van der Waals surface area contributed by atoms with E-state index in [1.165, 1.54) is 11.6 Å². The number of nitrogens with zero attached hydrogens (tertiary/aromatic N) is 3. The molecule has 0 radical (unpaired) electrons. The fraction of sp³-hybridized carbons (Fsp3) is 0.357. The fourth-order valence-electron chi connectivity index (χ4n) is 2.00. The maximum Gasteiger partial charge on any atom is 0.330 e. The molecule has 0 fully saturated rings. The average Bonchev–Trinajstić information content (AvgIpc) is 2.48. The molecule has 0 aliphatic carbocycles. The summed E-state index contributed by atoms with van der Waals surface area (Å²) in [7, 11) is 3.11. The first-order valence-corrected chi connectivity index (χ1v) is 6.40. The summed E-state index contributed by atoms with van der Waals surface area (Å²) < 4.78 is 2.52. The van der Waals surface area contributed by atoms with E-state index in [1.807, 2.05) is 25.1 Å². The molecule has 0 spiro atoms. The Morgan fingerprint density at radius 3 is 2.70 bits per heavy atom. The molecule has 2 heterocycles. The van der Waals surface area contributed by atoms with Gasteiger partial charge in [0.25, 0.3) is 5.56 Å². The largest absolute Gasteiger partial charge is 0.330 e. The summed E-state index contributed by atoms with van der Waals surface area (Å²) in [4.78, 5) is 27.8. The molecule has 6 nitrogen and oxygen atoms in total. The summed E-state index contributed by atoms with van der Waals surface area (Å²) in [5.41, 5.74) is 0.872. The van der Waals surface area contributed by atoms with Gasteiger partial charge in [0.05, 0.1) is 5.69 Å². The highest BCUT2D eigenvalue weighted by molar-refractivity contribution is 5.10. The Morgan fingerprint density at radius 2 is 2.05 bits per heavy atom. The molecule has 0 aliphatic heterocycles. The van der Waals surface area contributed by atoms with E-state index in [4.69, 9.17) is 0 Å². The summed E-state index contributed by atoms with van der Waals surface area (Å²) >= 11 is 0. The highest BCUT2D eigenvalue weighted by Gasteiger charge is 2.10. The molecule has 1 N–H and O–H groups in total. The van der Waals surface area contributed by atoms with E-state index in [0.717, 1.165) is 10.3 Å². The predicted molar refractivity (Wildman–Crippen MR) is 76.4 cm³/mol. The van der Waals surface area contributed by atoms with Crippen LogP contribution < -0.4 is 16.6 Å². The molecule has 0 saturated heterocycles. The molecule has 0 saturated carbocycles. The van der Waals surface area contributed by atoms with E-state index in [0.29, 0.717) is 12.1 Å². The van der Waals surface area contributed by atoms with Crippen LogP contribution in [0.5, 0.6) is 0 Å². The number of aryl methyl sites for hydroxylation is 1. The number of hydrogen-bond acceptors (Lipinski definition) is 4. The summed E-state index contributed by atoms with van der Waals surface area (Å²) in [6.07, 6.45) is 3.31. The SMILES string of the molecule is C[C@@H](NCc1cn(C)c(=O)n(C)c1=O)c1ccccn1. The third-order valence-corrected chi connectivity index (χ3v) is 3.25. The van der Waals surface area contributed by atoms with Crippen LogP contribution in [0.1, 0.15) is 24.2 Å². The topological polar surface area (TPSA) is 68.9 Å². The molecule has 20 heavy (non-hydrogen) atoms. The smallest absolute Gasteiger partial charge is 0.304 e. The molecule has 1 atom stereocenters. The minimum absolute atomic E-state index is 0.0261. The molecule has 0 aromatic carbocycles. The van der Waals surface area contributed by atoms with Crippen molar-refractivity contribution < 1.29 is 0 Å². The second-order valence-corrected chi connectivity index (χ2v) is 4.77. The first kappa shape index (κ1) is 14.2. The lowest BCUT2D eigenvalue weighted by molar-refractivity contribution is 0.548. The van der Waals surface area contributed by atoms with Gasteiger partial charge >= 0.3 is 5.69 Å². The predicted octanol–water partition coefficient (Wildman–Crippen LogP) is 0.330. The number of pyridine rings is 1. The molecule has 2 rings (SSSR count). The maximum absolute atomic E-state index is 12.0. The van der Waals surface area contributed by atoms with Crippen LogP contribution in [0.15, 0.2) is 40.2 Å². The lowest BCUT2D eigenvalue weighted by Gasteiger charge is -2.13. The van der Waals surface area contributed by atoms with E-state index < -0.39 is 0 Å². The Morgan fingerprint density at radius 1 is 1.30 bits per heavy atom. The normalized spacial score (nSPS) is 12.3.